The third kappa shape index (κ3) is 12.4. The highest BCUT2D eigenvalue weighted by atomic mass is 32.2. The molecule has 18 heteroatoms. The molecule has 1 heterocycles. The van der Waals surface area contributed by atoms with Crippen LogP contribution in [0.3, 0.4) is 0 Å². The lowest BCUT2D eigenvalue weighted by Gasteiger charge is -2.34. The maximum atomic E-state index is 13.9. The van der Waals surface area contributed by atoms with Gasteiger partial charge in [-0.3, -0.25) is 10.3 Å². The van der Waals surface area contributed by atoms with Crippen molar-refractivity contribution in [1.82, 2.24) is 19.6 Å². The van der Waals surface area contributed by atoms with Crippen LogP contribution >= 0.6 is 0 Å². The minimum absolute atomic E-state index is 0.0980. The molecule has 0 saturated carbocycles. The number of nitrogens with zero attached hydrogens (tertiary/aromatic N) is 3. The molecule has 16 nitrogen and oxygen atoms in total. The number of carbonyl (C=O) groups excluding carboxylic acids is 2. The molecule has 1 saturated heterocycles. The Bertz CT molecular complexity index is 2050. The number of imide groups is 1. The van der Waals surface area contributed by atoms with E-state index in [1.54, 1.807) is 61.5 Å². The molecule has 306 valence electrons. The van der Waals surface area contributed by atoms with Crippen molar-refractivity contribution in [1.29, 1.82) is 5.41 Å². The van der Waals surface area contributed by atoms with Crippen LogP contribution in [0.2, 0.25) is 0 Å². The second-order valence-corrected chi connectivity index (χ2v) is 18.4. The maximum absolute atomic E-state index is 13.9. The number of nitrogens with one attached hydrogen (secondary N) is 2. The number of carbonyl (C=O) groups is 2. The van der Waals surface area contributed by atoms with Crippen LogP contribution in [0.25, 0.3) is 0 Å². The molecule has 3 aromatic carbocycles. The van der Waals surface area contributed by atoms with Gasteiger partial charge in [0.25, 0.3) is 0 Å². The first kappa shape index (κ1) is 44.0. The van der Waals surface area contributed by atoms with Gasteiger partial charge in [-0.2, -0.15) is 12.7 Å². The summed E-state index contributed by atoms with van der Waals surface area (Å²) in [6, 6.07) is 19.4. The number of rotatable bonds is 12. The molecule has 0 radical (unpaired) electrons. The van der Waals surface area contributed by atoms with Crippen molar-refractivity contribution in [2.75, 3.05) is 26.2 Å². The number of piperazine rings is 1. The van der Waals surface area contributed by atoms with Gasteiger partial charge < -0.3 is 18.4 Å². The number of hydrogen-bond donors (Lipinski definition) is 2. The van der Waals surface area contributed by atoms with E-state index in [0.29, 0.717) is 30.1 Å². The predicted molar refractivity (Wildman–Crippen MR) is 207 cm³/mol. The molecule has 0 aromatic heterocycles. The molecule has 1 unspecified atom stereocenters. The fraction of sp³-hybridized carbons (Fsp3) is 0.447. The quantitative estimate of drug-likeness (QED) is 0.0710. The van der Waals surface area contributed by atoms with Gasteiger partial charge in [0.15, 0.2) is 0 Å². The number of hydrogen-bond acceptors (Lipinski definition) is 13. The number of hydroxylamine groups is 1. The van der Waals surface area contributed by atoms with E-state index in [-0.39, 0.29) is 31.0 Å². The summed E-state index contributed by atoms with van der Waals surface area (Å²) < 4.78 is 78.4. The molecule has 1 fully saturated rings. The van der Waals surface area contributed by atoms with Crippen LogP contribution in [0.1, 0.15) is 66.0 Å². The first-order valence-corrected chi connectivity index (χ1v) is 20.8. The van der Waals surface area contributed by atoms with Gasteiger partial charge in [0.1, 0.15) is 32.5 Å². The molecule has 4 rings (SSSR count). The number of sulfonamides is 1. The minimum atomic E-state index is -4.70. The van der Waals surface area contributed by atoms with E-state index in [9.17, 15) is 26.4 Å². The monoisotopic (exact) mass is 817 g/mol. The van der Waals surface area contributed by atoms with Crippen LogP contribution in [0.5, 0.6) is 11.5 Å². The molecule has 1 atom stereocenters. The molecule has 1 aliphatic heterocycles. The second kappa shape index (κ2) is 18.0. The van der Waals surface area contributed by atoms with Crippen molar-refractivity contribution in [3.05, 3.63) is 83.9 Å². The summed E-state index contributed by atoms with van der Waals surface area (Å²) in [5.41, 5.74) is 1.87. The topological polar surface area (TPSA) is 194 Å². The van der Waals surface area contributed by atoms with Gasteiger partial charge >= 0.3 is 22.3 Å². The van der Waals surface area contributed by atoms with Crippen molar-refractivity contribution >= 4 is 38.3 Å². The Morgan fingerprint density at radius 1 is 0.804 bits per heavy atom. The lowest BCUT2D eigenvalue weighted by Crippen LogP contribution is -2.52. The summed E-state index contributed by atoms with van der Waals surface area (Å²) in [5.74, 6) is -0.892. The van der Waals surface area contributed by atoms with Crippen molar-refractivity contribution < 1.29 is 49.7 Å². The third-order valence-corrected chi connectivity index (χ3v) is 11.2. The summed E-state index contributed by atoms with van der Waals surface area (Å²) >= 11 is 0. The van der Waals surface area contributed by atoms with Gasteiger partial charge in [-0.25, -0.2) is 28.3 Å². The average molecular weight is 818 g/mol. The van der Waals surface area contributed by atoms with E-state index < -0.39 is 65.6 Å². The summed E-state index contributed by atoms with van der Waals surface area (Å²) in [6.45, 7) is 14.9. The van der Waals surface area contributed by atoms with Crippen LogP contribution in [-0.2, 0) is 41.0 Å². The van der Waals surface area contributed by atoms with Gasteiger partial charge in [-0.1, -0.05) is 49.4 Å². The Morgan fingerprint density at radius 3 is 1.89 bits per heavy atom. The van der Waals surface area contributed by atoms with Crippen LogP contribution in [0, 0.1) is 12.3 Å². The highest BCUT2D eigenvalue weighted by Gasteiger charge is 2.36. The zero-order valence-corrected chi connectivity index (χ0v) is 34.5. The first-order chi connectivity index (χ1) is 26.1. The Morgan fingerprint density at radius 2 is 1.34 bits per heavy atom. The zero-order valence-electron chi connectivity index (χ0n) is 32.9. The molecule has 0 aliphatic carbocycles. The smallest absolute Gasteiger partial charge is 0.427 e. The van der Waals surface area contributed by atoms with Crippen molar-refractivity contribution in [3.63, 3.8) is 0 Å². The largest absolute Gasteiger partial charge is 0.463 e. The van der Waals surface area contributed by atoms with E-state index in [1.165, 1.54) is 40.7 Å². The van der Waals surface area contributed by atoms with Crippen molar-refractivity contribution in [3.8, 4) is 11.5 Å². The molecule has 0 bridgehead atoms. The van der Waals surface area contributed by atoms with E-state index in [1.807, 2.05) is 30.3 Å². The molecule has 56 heavy (non-hydrogen) atoms. The zero-order chi connectivity index (χ0) is 41.5. The highest BCUT2D eigenvalue weighted by Crippen LogP contribution is 2.31. The van der Waals surface area contributed by atoms with Crippen LogP contribution in [-0.4, -0.2) is 92.8 Å². The lowest BCUT2D eigenvalue weighted by atomic mass is 10.2. The summed E-state index contributed by atoms with van der Waals surface area (Å²) in [5, 5.41) is 8.39. The molecule has 2 amide bonds. The Labute approximate surface area is 329 Å². The molecule has 1 aliphatic rings. The molecule has 3 aromatic rings. The Kier molecular flexibility index (Phi) is 14.1. The molecule has 0 spiro atoms. The number of guanidine groups is 1. The predicted octanol–water partition coefficient (Wildman–Crippen LogP) is 6.01. The summed E-state index contributed by atoms with van der Waals surface area (Å²) in [7, 11) is -8.92. The number of aryl methyl sites for hydroxylation is 1. The first-order valence-electron chi connectivity index (χ1n) is 17.9. The van der Waals surface area contributed by atoms with E-state index >= 15 is 0 Å². The number of amides is 2. The Hall–Kier alpha value is -4.75. The molecule has 2 N–H and O–H groups in total. The standard InChI is InChI=1S/C38H51N5O11S2/c1-9-33(53-40-34(39)43(35(44)51-37(3,4)5)36(45)52-38(6,7)8)50-29-23-27(2)24-30(25-29)54-56(48,49)32-18-14-13-17-31(32)55(46,47)42-21-19-41(20-22-42)26-28-15-11-10-12-16-28/h10-18,23-25,33H,9,19-22,26H2,1-8H3,(H2,39,40). The normalized spacial score (nSPS) is 15.0. The molecular formula is C38H51N5O11S2. The number of ether oxygens (including phenoxy) is 3. The Balaban J connectivity index is 1.46. The maximum Gasteiger partial charge on any atom is 0.427 e. The van der Waals surface area contributed by atoms with Gasteiger partial charge in [-0.15, -0.1) is 4.90 Å². The SMILES string of the molecule is CCC(ONC(=N)N(C(=O)OC(C)(C)C)C(=O)OC(C)(C)C)Oc1cc(C)cc(OS(=O)(=O)c2ccccc2S(=O)(=O)N2CCN(Cc3ccccc3)CC2)c1. The molecular weight excluding hydrogens is 767 g/mol. The van der Waals surface area contributed by atoms with Gasteiger partial charge in [0, 0.05) is 45.2 Å². The third-order valence-electron chi connectivity index (χ3n) is 7.81. The summed E-state index contributed by atoms with van der Waals surface area (Å²) in [6.07, 6.45) is -3.33. The van der Waals surface area contributed by atoms with E-state index in [0.717, 1.165) is 5.56 Å². The second-order valence-electron chi connectivity index (χ2n) is 15.0. The van der Waals surface area contributed by atoms with E-state index in [4.69, 9.17) is 28.6 Å². The van der Waals surface area contributed by atoms with Crippen LogP contribution < -0.4 is 14.4 Å². The fourth-order valence-electron chi connectivity index (χ4n) is 5.36. The number of benzene rings is 3. The average Bonchev–Trinajstić information content (AvgIpc) is 3.09. The fourth-order valence-corrected chi connectivity index (χ4v) is 8.48. The van der Waals surface area contributed by atoms with Gasteiger partial charge in [-0.05, 0) is 83.9 Å². The van der Waals surface area contributed by atoms with E-state index in [2.05, 4.69) is 10.4 Å². The summed E-state index contributed by atoms with van der Waals surface area (Å²) in [4.78, 5) is 32.8. The van der Waals surface area contributed by atoms with Crippen LogP contribution in [0.15, 0.2) is 82.6 Å². The van der Waals surface area contributed by atoms with Crippen molar-refractivity contribution in [2.45, 2.75) is 95.6 Å². The minimum Gasteiger partial charge on any atom is -0.463 e. The lowest BCUT2D eigenvalue weighted by molar-refractivity contribution is -0.113. The van der Waals surface area contributed by atoms with Crippen LogP contribution in [0.4, 0.5) is 9.59 Å². The highest BCUT2D eigenvalue weighted by molar-refractivity contribution is 7.91. The van der Waals surface area contributed by atoms with Gasteiger partial charge in [0.05, 0.1) is 0 Å². The van der Waals surface area contributed by atoms with Crippen molar-refractivity contribution in [2.24, 2.45) is 0 Å². The van der Waals surface area contributed by atoms with Gasteiger partial charge in [0.2, 0.25) is 22.3 Å².